The lowest BCUT2D eigenvalue weighted by molar-refractivity contribution is -0.126. The molecule has 1 aromatic heterocycles. The van der Waals surface area contributed by atoms with Gasteiger partial charge < -0.3 is 14.4 Å². The first-order valence-electron chi connectivity index (χ1n) is 7.44. The number of rotatable bonds is 2. The van der Waals surface area contributed by atoms with E-state index in [1.165, 1.54) is 0 Å². The van der Waals surface area contributed by atoms with Gasteiger partial charge in [-0.25, -0.2) is 9.97 Å². The lowest BCUT2D eigenvalue weighted by Crippen LogP contribution is -2.35. The minimum Gasteiger partial charge on any atom is -0.454 e. The number of nitrogens with zero attached hydrogens (tertiary/aromatic N) is 3. The normalized spacial score (nSPS) is 15.7. The van der Waals surface area contributed by atoms with Crippen LogP contribution in [0.1, 0.15) is 16.8 Å². The highest BCUT2D eigenvalue weighted by atomic mass is 16.7. The van der Waals surface area contributed by atoms with Crippen molar-refractivity contribution in [2.45, 2.75) is 13.0 Å². The smallest absolute Gasteiger partial charge is 0.246 e. The SMILES string of the molecule is O=C(/C=C/c1ccc2c(c1)OCO2)N1CCc2ncncc2C1. The monoisotopic (exact) mass is 309 g/mol. The lowest BCUT2D eigenvalue weighted by atomic mass is 10.1. The molecule has 0 atom stereocenters. The first kappa shape index (κ1) is 13.8. The lowest BCUT2D eigenvalue weighted by Gasteiger charge is -2.26. The summed E-state index contributed by atoms with van der Waals surface area (Å²) >= 11 is 0. The van der Waals surface area contributed by atoms with E-state index >= 15 is 0 Å². The molecule has 2 aromatic rings. The van der Waals surface area contributed by atoms with Crippen LogP contribution in [-0.4, -0.2) is 34.1 Å². The van der Waals surface area contributed by atoms with Crippen molar-refractivity contribution >= 4 is 12.0 Å². The Bertz CT molecular complexity index is 788. The van der Waals surface area contributed by atoms with Crippen LogP contribution >= 0.6 is 0 Å². The van der Waals surface area contributed by atoms with Gasteiger partial charge in [0.1, 0.15) is 6.33 Å². The van der Waals surface area contributed by atoms with Gasteiger partial charge in [0, 0.05) is 37.3 Å². The Morgan fingerprint density at radius 2 is 2.17 bits per heavy atom. The topological polar surface area (TPSA) is 64.6 Å². The van der Waals surface area contributed by atoms with Crippen molar-refractivity contribution in [1.82, 2.24) is 14.9 Å². The fraction of sp³-hybridized carbons (Fsp3) is 0.235. The second kappa shape index (κ2) is 5.72. The maximum absolute atomic E-state index is 12.4. The molecular weight excluding hydrogens is 294 g/mol. The summed E-state index contributed by atoms with van der Waals surface area (Å²) in [6.07, 6.45) is 7.48. The molecule has 23 heavy (non-hydrogen) atoms. The molecule has 0 saturated heterocycles. The van der Waals surface area contributed by atoms with Crippen molar-refractivity contribution in [3.05, 3.63) is 53.6 Å². The number of carbonyl (C=O) groups excluding carboxylic acids is 1. The molecule has 0 aliphatic carbocycles. The number of carbonyl (C=O) groups is 1. The van der Waals surface area contributed by atoms with Crippen LogP contribution in [-0.2, 0) is 17.8 Å². The highest BCUT2D eigenvalue weighted by Crippen LogP contribution is 2.32. The zero-order valence-electron chi connectivity index (χ0n) is 12.4. The Hall–Kier alpha value is -2.89. The molecule has 1 amide bonds. The molecule has 2 aliphatic heterocycles. The predicted octanol–water partition coefficient (Wildman–Crippen LogP) is 1.80. The highest BCUT2D eigenvalue weighted by Gasteiger charge is 2.20. The number of ether oxygens (including phenoxy) is 2. The third-order valence-corrected chi connectivity index (χ3v) is 3.99. The van der Waals surface area contributed by atoms with Crippen molar-refractivity contribution < 1.29 is 14.3 Å². The summed E-state index contributed by atoms with van der Waals surface area (Å²) in [7, 11) is 0. The molecule has 6 heteroatoms. The average Bonchev–Trinajstić information content (AvgIpc) is 3.07. The van der Waals surface area contributed by atoms with Gasteiger partial charge in [0.05, 0.1) is 5.69 Å². The van der Waals surface area contributed by atoms with E-state index in [1.807, 2.05) is 18.2 Å². The Morgan fingerprint density at radius 1 is 1.26 bits per heavy atom. The summed E-state index contributed by atoms with van der Waals surface area (Å²) in [6.45, 7) is 1.48. The molecule has 0 unspecified atom stereocenters. The maximum atomic E-state index is 12.4. The van der Waals surface area contributed by atoms with Gasteiger partial charge in [-0.1, -0.05) is 6.07 Å². The standard InChI is InChI=1S/C17H15N3O3/c21-17(20-6-5-14-13(9-20)8-18-10-19-14)4-2-12-1-3-15-16(7-12)23-11-22-15/h1-4,7-8,10H,5-6,9,11H2/b4-2+. The Kier molecular flexibility index (Phi) is 3.42. The minimum atomic E-state index is -0.0165. The van der Waals surface area contributed by atoms with Gasteiger partial charge in [0.2, 0.25) is 12.7 Å². The van der Waals surface area contributed by atoms with Gasteiger partial charge in [-0.2, -0.15) is 0 Å². The van der Waals surface area contributed by atoms with E-state index in [9.17, 15) is 4.79 Å². The second-order valence-corrected chi connectivity index (χ2v) is 5.45. The van der Waals surface area contributed by atoms with Crippen LogP contribution in [0.5, 0.6) is 11.5 Å². The Balaban J connectivity index is 1.46. The number of aromatic nitrogens is 2. The van der Waals surface area contributed by atoms with Crippen molar-refractivity contribution in [3.63, 3.8) is 0 Å². The largest absolute Gasteiger partial charge is 0.454 e. The number of hydrogen-bond donors (Lipinski definition) is 0. The van der Waals surface area contributed by atoms with E-state index in [-0.39, 0.29) is 12.7 Å². The molecule has 0 fully saturated rings. The number of fused-ring (bicyclic) bond motifs is 2. The summed E-state index contributed by atoms with van der Waals surface area (Å²) in [5.74, 6) is 1.43. The van der Waals surface area contributed by atoms with Crippen molar-refractivity contribution in [3.8, 4) is 11.5 Å². The molecule has 0 saturated carbocycles. The van der Waals surface area contributed by atoms with Gasteiger partial charge in [-0.05, 0) is 23.8 Å². The molecule has 6 nitrogen and oxygen atoms in total. The van der Waals surface area contributed by atoms with Gasteiger partial charge in [0.25, 0.3) is 0 Å². The fourth-order valence-electron chi connectivity index (χ4n) is 2.74. The molecule has 0 bridgehead atoms. The highest BCUT2D eigenvalue weighted by molar-refractivity contribution is 5.92. The van der Waals surface area contributed by atoms with Crippen LogP contribution < -0.4 is 9.47 Å². The second-order valence-electron chi connectivity index (χ2n) is 5.45. The molecule has 3 heterocycles. The molecular formula is C17H15N3O3. The summed E-state index contributed by atoms with van der Waals surface area (Å²) in [5, 5.41) is 0. The van der Waals surface area contributed by atoms with Crippen LogP contribution in [0.3, 0.4) is 0 Å². The molecule has 2 aliphatic rings. The van der Waals surface area contributed by atoms with Crippen LogP contribution in [0.15, 0.2) is 36.8 Å². The fourth-order valence-corrected chi connectivity index (χ4v) is 2.74. The van der Waals surface area contributed by atoms with Gasteiger partial charge in [-0.3, -0.25) is 4.79 Å². The first-order chi connectivity index (χ1) is 11.3. The molecule has 4 rings (SSSR count). The van der Waals surface area contributed by atoms with Crippen LogP contribution in [0.4, 0.5) is 0 Å². The molecule has 0 N–H and O–H groups in total. The van der Waals surface area contributed by atoms with Gasteiger partial charge >= 0.3 is 0 Å². The van der Waals surface area contributed by atoms with E-state index in [0.717, 1.165) is 29.0 Å². The molecule has 116 valence electrons. The summed E-state index contributed by atoms with van der Waals surface area (Å²) in [5.41, 5.74) is 2.95. The Labute approximate surface area is 133 Å². The third-order valence-electron chi connectivity index (χ3n) is 3.99. The van der Waals surface area contributed by atoms with E-state index in [1.54, 1.807) is 29.6 Å². The predicted molar refractivity (Wildman–Crippen MR) is 82.8 cm³/mol. The Morgan fingerprint density at radius 3 is 3.13 bits per heavy atom. The third kappa shape index (κ3) is 2.75. The van der Waals surface area contributed by atoms with Crippen molar-refractivity contribution in [2.75, 3.05) is 13.3 Å². The van der Waals surface area contributed by atoms with Crippen LogP contribution in [0.25, 0.3) is 6.08 Å². The van der Waals surface area contributed by atoms with E-state index in [2.05, 4.69) is 9.97 Å². The van der Waals surface area contributed by atoms with Crippen LogP contribution in [0, 0.1) is 0 Å². The maximum Gasteiger partial charge on any atom is 0.246 e. The summed E-state index contributed by atoms with van der Waals surface area (Å²) in [6, 6.07) is 5.61. The van der Waals surface area contributed by atoms with Crippen molar-refractivity contribution in [2.24, 2.45) is 0 Å². The molecule has 0 radical (unpaired) electrons. The average molecular weight is 309 g/mol. The van der Waals surface area contributed by atoms with E-state index in [4.69, 9.17) is 9.47 Å². The first-order valence-corrected chi connectivity index (χ1v) is 7.44. The summed E-state index contributed by atoms with van der Waals surface area (Å²) < 4.78 is 10.6. The van der Waals surface area contributed by atoms with Gasteiger partial charge in [-0.15, -0.1) is 0 Å². The number of hydrogen-bond acceptors (Lipinski definition) is 5. The van der Waals surface area contributed by atoms with Crippen LogP contribution in [0.2, 0.25) is 0 Å². The number of benzene rings is 1. The van der Waals surface area contributed by atoms with E-state index in [0.29, 0.717) is 18.8 Å². The number of amides is 1. The summed E-state index contributed by atoms with van der Waals surface area (Å²) in [4.78, 5) is 22.4. The minimum absolute atomic E-state index is 0.0165. The zero-order valence-corrected chi connectivity index (χ0v) is 12.4. The molecule has 1 aromatic carbocycles. The van der Waals surface area contributed by atoms with Gasteiger partial charge in [0.15, 0.2) is 11.5 Å². The van der Waals surface area contributed by atoms with Crippen molar-refractivity contribution in [1.29, 1.82) is 0 Å². The van der Waals surface area contributed by atoms with E-state index < -0.39 is 0 Å². The quantitative estimate of drug-likeness (QED) is 0.792. The zero-order chi connectivity index (χ0) is 15.6. The molecule has 0 spiro atoms.